The SMILES string of the molecule is CN(Cc1ccc(C(N)=O)cc1)C(=O)[C@H]1CCCN1. The van der Waals surface area contributed by atoms with Gasteiger partial charge in [-0.25, -0.2) is 0 Å². The van der Waals surface area contributed by atoms with Crippen LogP contribution in [-0.2, 0) is 11.3 Å². The molecule has 5 nitrogen and oxygen atoms in total. The maximum atomic E-state index is 12.1. The number of benzene rings is 1. The first-order chi connectivity index (χ1) is 9.08. The Balaban J connectivity index is 1.96. The average molecular weight is 261 g/mol. The monoisotopic (exact) mass is 261 g/mol. The molecule has 1 aliphatic rings. The van der Waals surface area contributed by atoms with Gasteiger partial charge in [-0.15, -0.1) is 0 Å². The van der Waals surface area contributed by atoms with Crippen molar-refractivity contribution in [2.75, 3.05) is 13.6 Å². The van der Waals surface area contributed by atoms with Crippen molar-refractivity contribution in [3.63, 3.8) is 0 Å². The Kier molecular flexibility index (Phi) is 4.16. The highest BCUT2D eigenvalue weighted by molar-refractivity contribution is 5.92. The van der Waals surface area contributed by atoms with E-state index >= 15 is 0 Å². The molecule has 1 aromatic carbocycles. The summed E-state index contributed by atoms with van der Waals surface area (Å²) in [5.74, 6) is -0.317. The van der Waals surface area contributed by atoms with Crippen molar-refractivity contribution in [2.24, 2.45) is 5.73 Å². The van der Waals surface area contributed by atoms with E-state index in [2.05, 4.69) is 5.32 Å². The molecule has 1 aliphatic heterocycles. The van der Waals surface area contributed by atoms with Crippen molar-refractivity contribution < 1.29 is 9.59 Å². The quantitative estimate of drug-likeness (QED) is 0.828. The number of nitrogens with one attached hydrogen (secondary N) is 1. The van der Waals surface area contributed by atoms with Crippen molar-refractivity contribution in [3.8, 4) is 0 Å². The fourth-order valence-electron chi connectivity index (χ4n) is 2.29. The third-order valence-electron chi connectivity index (χ3n) is 3.39. The molecule has 5 heteroatoms. The van der Waals surface area contributed by atoms with Gasteiger partial charge in [0.2, 0.25) is 11.8 Å². The highest BCUT2D eigenvalue weighted by atomic mass is 16.2. The smallest absolute Gasteiger partial charge is 0.248 e. The van der Waals surface area contributed by atoms with Crippen molar-refractivity contribution in [3.05, 3.63) is 35.4 Å². The van der Waals surface area contributed by atoms with Crippen LogP contribution < -0.4 is 11.1 Å². The zero-order chi connectivity index (χ0) is 13.8. The number of nitrogens with zero attached hydrogens (tertiary/aromatic N) is 1. The summed E-state index contributed by atoms with van der Waals surface area (Å²) < 4.78 is 0. The van der Waals surface area contributed by atoms with Gasteiger partial charge in [0.05, 0.1) is 6.04 Å². The predicted molar refractivity (Wildman–Crippen MR) is 72.5 cm³/mol. The van der Waals surface area contributed by atoms with Crippen LogP contribution in [0, 0.1) is 0 Å². The molecule has 1 saturated heterocycles. The van der Waals surface area contributed by atoms with Crippen LogP contribution in [0.4, 0.5) is 0 Å². The summed E-state index contributed by atoms with van der Waals surface area (Å²) >= 11 is 0. The summed E-state index contributed by atoms with van der Waals surface area (Å²) in [6.45, 7) is 1.45. The number of hydrogen-bond acceptors (Lipinski definition) is 3. The lowest BCUT2D eigenvalue weighted by atomic mass is 10.1. The Morgan fingerprint density at radius 1 is 1.37 bits per heavy atom. The average Bonchev–Trinajstić information content (AvgIpc) is 2.92. The Morgan fingerprint density at radius 3 is 2.58 bits per heavy atom. The molecule has 1 fully saturated rings. The highest BCUT2D eigenvalue weighted by Crippen LogP contribution is 2.11. The molecule has 1 aromatic rings. The molecule has 0 bridgehead atoms. The van der Waals surface area contributed by atoms with Crippen LogP contribution >= 0.6 is 0 Å². The van der Waals surface area contributed by atoms with Crippen molar-refractivity contribution in [1.82, 2.24) is 10.2 Å². The third kappa shape index (κ3) is 3.32. The molecule has 0 saturated carbocycles. The number of carbonyl (C=O) groups is 2. The third-order valence-corrected chi connectivity index (χ3v) is 3.39. The van der Waals surface area contributed by atoms with E-state index < -0.39 is 5.91 Å². The van der Waals surface area contributed by atoms with E-state index in [1.807, 2.05) is 12.1 Å². The van der Waals surface area contributed by atoms with Crippen LogP contribution in [0.15, 0.2) is 24.3 Å². The van der Waals surface area contributed by atoms with Crippen LogP contribution in [0.2, 0.25) is 0 Å². The minimum absolute atomic E-state index is 0.0464. The molecule has 3 N–H and O–H groups in total. The Bertz CT molecular complexity index is 464. The first-order valence-corrected chi connectivity index (χ1v) is 6.45. The second-order valence-corrected chi connectivity index (χ2v) is 4.90. The molecule has 1 atom stereocenters. The summed E-state index contributed by atoms with van der Waals surface area (Å²) in [4.78, 5) is 24.8. The fourth-order valence-corrected chi connectivity index (χ4v) is 2.29. The second kappa shape index (κ2) is 5.84. The number of rotatable bonds is 4. The molecule has 0 radical (unpaired) electrons. The number of likely N-dealkylation sites (N-methyl/N-ethyl adjacent to an activating group) is 1. The maximum absolute atomic E-state index is 12.1. The van der Waals surface area contributed by atoms with Gasteiger partial charge >= 0.3 is 0 Å². The molecule has 1 heterocycles. The van der Waals surface area contributed by atoms with Crippen LogP contribution in [0.5, 0.6) is 0 Å². The van der Waals surface area contributed by atoms with E-state index in [9.17, 15) is 9.59 Å². The van der Waals surface area contributed by atoms with Crippen molar-refractivity contribution in [2.45, 2.75) is 25.4 Å². The number of amides is 2. The minimum atomic E-state index is -0.439. The summed E-state index contributed by atoms with van der Waals surface area (Å²) in [7, 11) is 1.80. The number of hydrogen-bond donors (Lipinski definition) is 2. The van der Waals surface area contributed by atoms with Crippen molar-refractivity contribution in [1.29, 1.82) is 0 Å². The lowest BCUT2D eigenvalue weighted by Crippen LogP contribution is -2.41. The topological polar surface area (TPSA) is 75.4 Å². The predicted octanol–water partition coefficient (Wildman–Crippen LogP) is 0.496. The molecular formula is C14H19N3O2. The summed E-state index contributed by atoms with van der Waals surface area (Å²) in [6, 6.07) is 6.97. The Morgan fingerprint density at radius 2 is 2.05 bits per heavy atom. The number of primary amides is 1. The summed E-state index contributed by atoms with van der Waals surface area (Å²) in [5, 5.41) is 3.19. The molecule has 2 rings (SSSR count). The molecule has 2 amide bonds. The molecule has 0 unspecified atom stereocenters. The molecule has 0 aromatic heterocycles. The van der Waals surface area contributed by atoms with E-state index in [0.717, 1.165) is 24.9 Å². The molecule has 0 spiro atoms. The van der Waals surface area contributed by atoms with Gasteiger partial charge < -0.3 is 16.0 Å². The minimum Gasteiger partial charge on any atom is -0.366 e. The lowest BCUT2D eigenvalue weighted by Gasteiger charge is -2.21. The van der Waals surface area contributed by atoms with Gasteiger partial charge in [0.1, 0.15) is 0 Å². The standard InChI is InChI=1S/C14H19N3O2/c1-17(14(19)12-3-2-8-16-12)9-10-4-6-11(7-5-10)13(15)18/h4-7,12,16H,2-3,8-9H2,1H3,(H2,15,18)/t12-/m1/s1. The Labute approximate surface area is 112 Å². The van der Waals surface area contributed by atoms with Gasteiger partial charge in [0.25, 0.3) is 0 Å². The van der Waals surface area contributed by atoms with Gasteiger partial charge in [-0.2, -0.15) is 0 Å². The molecule has 102 valence electrons. The zero-order valence-electron chi connectivity index (χ0n) is 11.1. The van der Waals surface area contributed by atoms with E-state index in [-0.39, 0.29) is 11.9 Å². The van der Waals surface area contributed by atoms with Crippen LogP contribution in [-0.4, -0.2) is 36.3 Å². The van der Waals surface area contributed by atoms with E-state index in [4.69, 9.17) is 5.73 Å². The fraction of sp³-hybridized carbons (Fsp3) is 0.429. The summed E-state index contributed by atoms with van der Waals surface area (Å²) in [5.41, 5.74) is 6.65. The van der Waals surface area contributed by atoms with E-state index in [1.165, 1.54) is 0 Å². The molecule has 0 aliphatic carbocycles. The van der Waals surface area contributed by atoms with Crippen molar-refractivity contribution >= 4 is 11.8 Å². The number of nitrogens with two attached hydrogens (primary N) is 1. The van der Waals surface area contributed by atoms with Gasteiger partial charge in [-0.05, 0) is 37.1 Å². The number of carbonyl (C=O) groups excluding carboxylic acids is 2. The second-order valence-electron chi connectivity index (χ2n) is 4.90. The van der Waals surface area contributed by atoms with Gasteiger partial charge in [-0.1, -0.05) is 12.1 Å². The molecule has 19 heavy (non-hydrogen) atoms. The normalized spacial score (nSPS) is 18.3. The van der Waals surface area contributed by atoms with Gasteiger partial charge in [0.15, 0.2) is 0 Å². The summed E-state index contributed by atoms with van der Waals surface area (Å²) in [6.07, 6.45) is 1.96. The van der Waals surface area contributed by atoms with Crippen LogP contribution in [0.25, 0.3) is 0 Å². The van der Waals surface area contributed by atoms with Gasteiger partial charge in [-0.3, -0.25) is 9.59 Å². The maximum Gasteiger partial charge on any atom is 0.248 e. The first kappa shape index (κ1) is 13.5. The Hall–Kier alpha value is -1.88. The van der Waals surface area contributed by atoms with Crippen LogP contribution in [0.3, 0.4) is 0 Å². The first-order valence-electron chi connectivity index (χ1n) is 6.45. The molecular weight excluding hydrogens is 242 g/mol. The van der Waals surface area contributed by atoms with Gasteiger partial charge in [0, 0.05) is 19.2 Å². The van der Waals surface area contributed by atoms with E-state index in [0.29, 0.717) is 12.1 Å². The highest BCUT2D eigenvalue weighted by Gasteiger charge is 2.24. The van der Waals surface area contributed by atoms with E-state index in [1.54, 1.807) is 24.1 Å². The zero-order valence-corrected chi connectivity index (χ0v) is 11.1. The van der Waals surface area contributed by atoms with Crippen LogP contribution in [0.1, 0.15) is 28.8 Å². The lowest BCUT2D eigenvalue weighted by molar-refractivity contribution is -0.132. The largest absolute Gasteiger partial charge is 0.366 e.